The maximum absolute atomic E-state index is 12.8. The van der Waals surface area contributed by atoms with E-state index in [2.05, 4.69) is 5.32 Å². The summed E-state index contributed by atoms with van der Waals surface area (Å²) in [7, 11) is -3.59. The van der Waals surface area contributed by atoms with Crippen LogP contribution in [0, 0.1) is 0 Å². The zero-order valence-corrected chi connectivity index (χ0v) is 18.4. The molecule has 3 aromatic rings. The number of hydrogen-bond donors (Lipinski definition) is 1. The number of benzene rings is 3. The number of ether oxygens (including phenoxy) is 1. The zero-order valence-electron chi connectivity index (χ0n) is 16.7. The van der Waals surface area contributed by atoms with Crippen LogP contribution in [0.25, 0.3) is 0 Å². The molecule has 0 radical (unpaired) electrons. The highest BCUT2D eigenvalue weighted by atomic mass is 32.2. The van der Waals surface area contributed by atoms with E-state index in [9.17, 15) is 13.2 Å². The van der Waals surface area contributed by atoms with Gasteiger partial charge >= 0.3 is 0 Å². The number of rotatable bonds is 6. The van der Waals surface area contributed by atoms with Crippen molar-refractivity contribution < 1.29 is 17.9 Å². The van der Waals surface area contributed by atoms with Crippen LogP contribution in [0.4, 0.5) is 5.69 Å². The minimum Gasteiger partial charge on any atom is -0.379 e. The first kappa shape index (κ1) is 21.6. The lowest BCUT2D eigenvalue weighted by molar-refractivity contribution is 0.0730. The van der Waals surface area contributed by atoms with Gasteiger partial charge in [-0.15, -0.1) is 0 Å². The van der Waals surface area contributed by atoms with Gasteiger partial charge in [0.05, 0.1) is 23.8 Å². The molecule has 1 N–H and O–H groups in total. The second kappa shape index (κ2) is 9.65. The first-order chi connectivity index (χ1) is 15.0. The lowest BCUT2D eigenvalue weighted by atomic mass is 10.2. The van der Waals surface area contributed by atoms with Crippen molar-refractivity contribution in [3.8, 4) is 0 Å². The van der Waals surface area contributed by atoms with E-state index in [0.29, 0.717) is 37.6 Å². The lowest BCUT2D eigenvalue weighted by Crippen LogP contribution is -2.40. The molecule has 0 atom stereocenters. The van der Waals surface area contributed by atoms with Crippen LogP contribution >= 0.6 is 11.8 Å². The highest BCUT2D eigenvalue weighted by molar-refractivity contribution is 7.99. The minimum atomic E-state index is -3.59. The molecule has 1 aliphatic heterocycles. The molecule has 0 unspecified atom stereocenters. The number of amides is 1. The van der Waals surface area contributed by atoms with E-state index < -0.39 is 10.0 Å². The van der Waals surface area contributed by atoms with Crippen LogP contribution < -0.4 is 5.32 Å². The molecule has 0 aromatic heterocycles. The summed E-state index contributed by atoms with van der Waals surface area (Å²) in [6.45, 7) is 1.45. The number of anilines is 1. The van der Waals surface area contributed by atoms with Crippen LogP contribution in [0.2, 0.25) is 0 Å². The van der Waals surface area contributed by atoms with Gasteiger partial charge in [0.1, 0.15) is 0 Å². The Balaban J connectivity index is 1.48. The summed E-state index contributed by atoms with van der Waals surface area (Å²) in [5, 5.41) is 2.93. The standard InChI is InChI=1S/C23H22N2O4S2/c26-23(24-21-8-4-5-9-22(21)30-19-6-2-1-3-7-19)18-10-12-20(13-11-18)31(27,28)25-14-16-29-17-15-25/h1-13H,14-17H2,(H,24,26). The van der Waals surface area contributed by atoms with Gasteiger partial charge in [0.2, 0.25) is 10.0 Å². The van der Waals surface area contributed by atoms with Crippen molar-refractivity contribution in [1.82, 2.24) is 4.31 Å². The fourth-order valence-electron chi connectivity index (χ4n) is 3.18. The molecule has 160 valence electrons. The van der Waals surface area contributed by atoms with Crippen molar-refractivity contribution >= 4 is 33.4 Å². The number of morpholine rings is 1. The van der Waals surface area contributed by atoms with E-state index in [-0.39, 0.29) is 10.8 Å². The van der Waals surface area contributed by atoms with E-state index >= 15 is 0 Å². The molecule has 3 aromatic carbocycles. The minimum absolute atomic E-state index is 0.172. The van der Waals surface area contributed by atoms with Crippen LogP contribution in [-0.2, 0) is 14.8 Å². The van der Waals surface area contributed by atoms with Gasteiger partial charge in [-0.2, -0.15) is 4.31 Å². The molecule has 0 spiro atoms. The maximum Gasteiger partial charge on any atom is 0.255 e. The first-order valence-corrected chi connectivity index (χ1v) is 12.1. The summed E-state index contributed by atoms with van der Waals surface area (Å²) >= 11 is 1.56. The fraction of sp³-hybridized carbons (Fsp3) is 0.174. The average molecular weight is 455 g/mol. The highest BCUT2D eigenvalue weighted by Gasteiger charge is 2.26. The number of hydrogen-bond acceptors (Lipinski definition) is 5. The lowest BCUT2D eigenvalue weighted by Gasteiger charge is -2.26. The second-order valence-electron chi connectivity index (χ2n) is 6.91. The Morgan fingerprint density at radius 1 is 0.871 bits per heavy atom. The number of para-hydroxylation sites is 1. The Morgan fingerprint density at radius 2 is 1.52 bits per heavy atom. The molecular formula is C23H22N2O4S2. The molecule has 1 fully saturated rings. The Bertz CT molecular complexity index is 1140. The summed E-state index contributed by atoms with van der Waals surface area (Å²) in [5.41, 5.74) is 1.09. The topological polar surface area (TPSA) is 75.7 Å². The Hall–Kier alpha value is -2.65. The Labute approximate surface area is 186 Å². The predicted octanol–water partition coefficient (Wildman–Crippen LogP) is 4.11. The summed E-state index contributed by atoms with van der Waals surface area (Å²) in [5.74, 6) is -0.295. The number of carbonyl (C=O) groups is 1. The molecular weight excluding hydrogens is 432 g/mol. The van der Waals surface area contributed by atoms with Crippen molar-refractivity contribution in [3.63, 3.8) is 0 Å². The molecule has 31 heavy (non-hydrogen) atoms. The number of nitrogens with one attached hydrogen (secondary N) is 1. The monoisotopic (exact) mass is 454 g/mol. The maximum atomic E-state index is 12.8. The van der Waals surface area contributed by atoms with Gasteiger partial charge < -0.3 is 10.1 Å². The number of sulfonamides is 1. The second-order valence-corrected chi connectivity index (χ2v) is 9.96. The van der Waals surface area contributed by atoms with Crippen molar-refractivity contribution in [2.75, 3.05) is 31.6 Å². The van der Waals surface area contributed by atoms with Gasteiger partial charge in [-0.05, 0) is 48.5 Å². The van der Waals surface area contributed by atoms with Crippen LogP contribution in [0.3, 0.4) is 0 Å². The largest absolute Gasteiger partial charge is 0.379 e. The van der Waals surface area contributed by atoms with E-state index in [1.807, 2.05) is 54.6 Å². The molecule has 0 aliphatic carbocycles. The molecule has 1 aliphatic rings. The Kier molecular flexibility index (Phi) is 6.72. The van der Waals surface area contributed by atoms with Crippen molar-refractivity contribution in [2.45, 2.75) is 14.7 Å². The van der Waals surface area contributed by atoms with E-state index in [0.717, 1.165) is 9.79 Å². The molecule has 8 heteroatoms. The third-order valence-corrected chi connectivity index (χ3v) is 7.83. The smallest absolute Gasteiger partial charge is 0.255 e. The quantitative estimate of drug-likeness (QED) is 0.607. The van der Waals surface area contributed by atoms with E-state index in [1.54, 1.807) is 11.8 Å². The normalized spacial score (nSPS) is 14.8. The van der Waals surface area contributed by atoms with Crippen molar-refractivity contribution in [1.29, 1.82) is 0 Å². The number of carbonyl (C=O) groups excluding carboxylic acids is 1. The molecule has 1 saturated heterocycles. The van der Waals surface area contributed by atoms with Crippen molar-refractivity contribution in [2.24, 2.45) is 0 Å². The first-order valence-electron chi connectivity index (χ1n) is 9.85. The molecule has 1 heterocycles. The summed E-state index contributed by atoms with van der Waals surface area (Å²) in [6.07, 6.45) is 0. The van der Waals surface area contributed by atoms with E-state index in [1.165, 1.54) is 28.6 Å². The van der Waals surface area contributed by atoms with Gasteiger partial charge in [-0.3, -0.25) is 4.79 Å². The average Bonchev–Trinajstić information content (AvgIpc) is 2.81. The SMILES string of the molecule is O=C(Nc1ccccc1Sc1ccccc1)c1ccc(S(=O)(=O)N2CCOCC2)cc1. The van der Waals surface area contributed by atoms with Crippen LogP contribution in [-0.4, -0.2) is 44.9 Å². The molecule has 0 saturated carbocycles. The van der Waals surface area contributed by atoms with Crippen LogP contribution in [0.15, 0.2) is 93.5 Å². The summed E-state index contributed by atoms with van der Waals surface area (Å²) in [6, 6.07) is 23.5. The highest BCUT2D eigenvalue weighted by Crippen LogP contribution is 2.33. The third kappa shape index (κ3) is 5.16. The summed E-state index contributed by atoms with van der Waals surface area (Å²) in [4.78, 5) is 15.0. The van der Waals surface area contributed by atoms with Gasteiger partial charge in [0, 0.05) is 28.4 Å². The Morgan fingerprint density at radius 3 is 2.23 bits per heavy atom. The third-order valence-electron chi connectivity index (χ3n) is 4.83. The molecule has 6 nitrogen and oxygen atoms in total. The van der Waals surface area contributed by atoms with Crippen LogP contribution in [0.5, 0.6) is 0 Å². The van der Waals surface area contributed by atoms with Crippen molar-refractivity contribution in [3.05, 3.63) is 84.4 Å². The van der Waals surface area contributed by atoms with Gasteiger partial charge in [0.15, 0.2) is 0 Å². The van der Waals surface area contributed by atoms with Gasteiger partial charge in [-0.1, -0.05) is 42.1 Å². The van der Waals surface area contributed by atoms with Gasteiger partial charge in [0.25, 0.3) is 5.91 Å². The predicted molar refractivity (Wildman–Crippen MR) is 121 cm³/mol. The fourth-order valence-corrected chi connectivity index (χ4v) is 5.51. The molecule has 0 bridgehead atoms. The zero-order chi connectivity index (χ0) is 21.7. The summed E-state index contributed by atoms with van der Waals surface area (Å²) < 4.78 is 32.1. The van der Waals surface area contributed by atoms with Crippen LogP contribution in [0.1, 0.15) is 10.4 Å². The number of nitrogens with zero attached hydrogens (tertiary/aromatic N) is 1. The van der Waals surface area contributed by atoms with E-state index in [4.69, 9.17) is 4.74 Å². The van der Waals surface area contributed by atoms with Gasteiger partial charge in [-0.25, -0.2) is 8.42 Å². The molecule has 1 amide bonds. The molecule has 4 rings (SSSR count).